The SMILES string of the molecule is c1ccc2c(c1)oc1ccc(-n3c4ccccc4c4cc5c(cc43)Sc3cc4c6ccccc6n(-c6ccc7oc8ccccc8c7c6)c4cc3S5)cc12. The van der Waals surface area contributed by atoms with E-state index in [1.807, 2.05) is 47.8 Å². The van der Waals surface area contributed by atoms with Gasteiger partial charge in [-0.3, -0.25) is 0 Å². The van der Waals surface area contributed by atoms with Gasteiger partial charge in [0.05, 0.1) is 22.1 Å². The minimum atomic E-state index is 0.907. The van der Waals surface area contributed by atoms with Gasteiger partial charge in [0.15, 0.2) is 0 Å². The van der Waals surface area contributed by atoms with Crippen LogP contribution in [0.1, 0.15) is 0 Å². The molecule has 0 saturated heterocycles. The third-order valence-electron chi connectivity index (χ3n) is 11.2. The average Bonchev–Trinajstić information content (AvgIpc) is 3.95. The minimum absolute atomic E-state index is 0.907. The molecule has 0 bridgehead atoms. The molecule has 0 fully saturated rings. The molecule has 12 aromatic rings. The molecule has 0 unspecified atom stereocenters. The standard InChI is InChI=1S/C48H26N2O2S2/c1-5-13-37-29(9-1)33-23-45-47(25-39(33)49(37)27-17-19-43-35(21-27)31-11-3-7-15-41(31)51-43)54-46-24-34-30-10-2-6-14-38(30)50(40(34)26-48(46)53-45)28-18-20-44-36(22-28)32-12-4-8-16-42(32)52-44/h1-26H. The lowest BCUT2D eigenvalue weighted by atomic mass is 10.1. The summed E-state index contributed by atoms with van der Waals surface area (Å²) in [6.07, 6.45) is 0. The summed E-state index contributed by atoms with van der Waals surface area (Å²) in [6, 6.07) is 56.9. The second-order valence-electron chi connectivity index (χ2n) is 14.1. The number of hydrogen-bond donors (Lipinski definition) is 0. The third-order valence-corrected chi connectivity index (χ3v) is 13.6. The molecule has 4 aromatic heterocycles. The molecule has 5 heterocycles. The van der Waals surface area contributed by atoms with Crippen LogP contribution in [-0.2, 0) is 0 Å². The Morgan fingerprint density at radius 1 is 0.296 bits per heavy atom. The number of aromatic nitrogens is 2. The van der Waals surface area contributed by atoms with E-state index in [9.17, 15) is 0 Å². The predicted molar refractivity (Wildman–Crippen MR) is 224 cm³/mol. The van der Waals surface area contributed by atoms with Crippen LogP contribution < -0.4 is 0 Å². The topological polar surface area (TPSA) is 36.1 Å². The van der Waals surface area contributed by atoms with Crippen molar-refractivity contribution >= 4 is 111 Å². The highest BCUT2D eigenvalue weighted by Crippen LogP contribution is 2.53. The van der Waals surface area contributed by atoms with Crippen molar-refractivity contribution in [3.05, 3.63) is 158 Å². The quantitative estimate of drug-likeness (QED) is 0.178. The van der Waals surface area contributed by atoms with Crippen LogP contribution >= 0.6 is 23.5 Å². The zero-order valence-corrected chi connectivity index (χ0v) is 30.2. The molecular weight excluding hydrogens is 701 g/mol. The second-order valence-corrected chi connectivity index (χ2v) is 16.3. The first-order chi connectivity index (χ1) is 26.7. The summed E-state index contributed by atoms with van der Waals surface area (Å²) in [7, 11) is 0. The predicted octanol–water partition coefficient (Wildman–Crippen LogP) is 14.3. The number of fused-ring (bicyclic) bond motifs is 14. The molecule has 0 saturated carbocycles. The van der Waals surface area contributed by atoms with E-state index in [0.717, 1.165) is 55.3 Å². The Balaban J connectivity index is 0.996. The summed E-state index contributed by atoms with van der Waals surface area (Å²) in [6.45, 7) is 0. The Morgan fingerprint density at radius 3 is 1.17 bits per heavy atom. The van der Waals surface area contributed by atoms with Crippen LogP contribution in [0, 0.1) is 0 Å². The molecule has 0 atom stereocenters. The number of nitrogens with zero attached hydrogens (tertiary/aromatic N) is 2. The van der Waals surface area contributed by atoms with Crippen molar-refractivity contribution in [1.29, 1.82) is 0 Å². The highest BCUT2D eigenvalue weighted by Gasteiger charge is 2.24. The maximum Gasteiger partial charge on any atom is 0.135 e. The van der Waals surface area contributed by atoms with Gasteiger partial charge in [-0.25, -0.2) is 0 Å². The Hall–Kier alpha value is -6.34. The number of benzene rings is 8. The van der Waals surface area contributed by atoms with Crippen LogP contribution in [0.2, 0.25) is 0 Å². The molecule has 1 aliphatic heterocycles. The summed E-state index contributed by atoms with van der Waals surface area (Å²) in [5, 5.41) is 9.56. The van der Waals surface area contributed by atoms with Crippen LogP contribution in [0.25, 0.3) is 98.9 Å². The maximum atomic E-state index is 6.20. The maximum absolute atomic E-state index is 6.20. The molecule has 6 heteroatoms. The first-order valence-corrected chi connectivity index (χ1v) is 19.7. The Morgan fingerprint density at radius 2 is 0.685 bits per heavy atom. The van der Waals surface area contributed by atoms with Crippen molar-refractivity contribution in [1.82, 2.24) is 9.13 Å². The monoisotopic (exact) mass is 726 g/mol. The fourth-order valence-corrected chi connectivity index (χ4v) is 11.1. The molecule has 54 heavy (non-hydrogen) atoms. The minimum Gasteiger partial charge on any atom is -0.456 e. The number of rotatable bonds is 2. The van der Waals surface area contributed by atoms with E-state index < -0.39 is 0 Å². The first-order valence-electron chi connectivity index (χ1n) is 18.1. The largest absolute Gasteiger partial charge is 0.456 e. The fourth-order valence-electron chi connectivity index (χ4n) is 8.77. The molecule has 0 radical (unpaired) electrons. The molecule has 0 spiro atoms. The lowest BCUT2D eigenvalue weighted by Gasteiger charge is -2.20. The van der Waals surface area contributed by atoms with Crippen molar-refractivity contribution in [3.63, 3.8) is 0 Å². The van der Waals surface area contributed by atoms with Gasteiger partial charge in [-0.15, -0.1) is 0 Å². The summed E-state index contributed by atoms with van der Waals surface area (Å²) >= 11 is 3.76. The summed E-state index contributed by atoms with van der Waals surface area (Å²) in [5.41, 5.74) is 10.7. The van der Waals surface area contributed by atoms with Crippen LogP contribution in [-0.4, -0.2) is 9.13 Å². The van der Waals surface area contributed by atoms with Crippen molar-refractivity contribution in [3.8, 4) is 11.4 Å². The Bertz CT molecular complexity index is 3340. The zero-order chi connectivity index (χ0) is 35.1. The van der Waals surface area contributed by atoms with Crippen LogP contribution in [0.5, 0.6) is 0 Å². The summed E-state index contributed by atoms with van der Waals surface area (Å²) < 4.78 is 17.2. The van der Waals surface area contributed by atoms with E-state index in [1.54, 1.807) is 0 Å². The molecule has 0 N–H and O–H groups in total. The Kier molecular flexibility index (Phi) is 5.74. The van der Waals surface area contributed by atoms with E-state index >= 15 is 0 Å². The third kappa shape index (κ3) is 3.96. The zero-order valence-electron chi connectivity index (χ0n) is 28.5. The first kappa shape index (κ1) is 29.2. The summed E-state index contributed by atoms with van der Waals surface area (Å²) in [5.74, 6) is 0. The van der Waals surface area contributed by atoms with E-state index in [1.165, 1.54) is 63.2 Å². The van der Waals surface area contributed by atoms with Crippen molar-refractivity contribution in [2.45, 2.75) is 19.6 Å². The molecule has 0 aliphatic carbocycles. The van der Waals surface area contributed by atoms with E-state index in [2.05, 4.69) is 143 Å². The molecular formula is C48H26N2O2S2. The number of hydrogen-bond acceptors (Lipinski definition) is 4. The summed E-state index contributed by atoms with van der Waals surface area (Å²) in [4.78, 5) is 5.12. The normalized spacial score (nSPS) is 13.0. The number of para-hydroxylation sites is 4. The number of furan rings is 2. The average molecular weight is 727 g/mol. The molecule has 13 rings (SSSR count). The van der Waals surface area contributed by atoms with Crippen LogP contribution in [0.15, 0.2) is 186 Å². The van der Waals surface area contributed by atoms with Crippen molar-refractivity contribution < 1.29 is 8.83 Å². The van der Waals surface area contributed by atoms with Gasteiger partial charge in [0.1, 0.15) is 22.3 Å². The smallest absolute Gasteiger partial charge is 0.135 e. The molecule has 0 amide bonds. The van der Waals surface area contributed by atoms with Gasteiger partial charge in [-0.2, -0.15) is 0 Å². The van der Waals surface area contributed by atoms with Gasteiger partial charge in [0.25, 0.3) is 0 Å². The van der Waals surface area contributed by atoms with E-state index in [4.69, 9.17) is 8.83 Å². The highest BCUT2D eigenvalue weighted by atomic mass is 32.2. The van der Waals surface area contributed by atoms with E-state index in [0.29, 0.717) is 0 Å². The molecule has 8 aromatic carbocycles. The Labute approximate surface area is 316 Å². The second kappa shape index (κ2) is 10.6. The molecule has 252 valence electrons. The van der Waals surface area contributed by atoms with Gasteiger partial charge in [0, 0.05) is 74.0 Å². The van der Waals surface area contributed by atoms with Gasteiger partial charge in [-0.05, 0) is 84.9 Å². The van der Waals surface area contributed by atoms with E-state index in [-0.39, 0.29) is 0 Å². The van der Waals surface area contributed by atoms with Gasteiger partial charge in [-0.1, -0.05) is 96.3 Å². The lowest BCUT2D eigenvalue weighted by Crippen LogP contribution is -1.96. The van der Waals surface area contributed by atoms with Gasteiger partial charge < -0.3 is 18.0 Å². The fraction of sp³-hybridized carbons (Fsp3) is 0. The highest BCUT2D eigenvalue weighted by molar-refractivity contribution is 8.05. The van der Waals surface area contributed by atoms with Gasteiger partial charge >= 0.3 is 0 Å². The molecule has 4 nitrogen and oxygen atoms in total. The van der Waals surface area contributed by atoms with Crippen molar-refractivity contribution in [2.75, 3.05) is 0 Å². The van der Waals surface area contributed by atoms with Gasteiger partial charge in [0.2, 0.25) is 0 Å². The van der Waals surface area contributed by atoms with Crippen LogP contribution in [0.4, 0.5) is 0 Å². The van der Waals surface area contributed by atoms with Crippen molar-refractivity contribution in [2.24, 2.45) is 0 Å². The molecule has 1 aliphatic rings. The lowest BCUT2D eigenvalue weighted by molar-refractivity contribution is 0.668. The van der Waals surface area contributed by atoms with Crippen LogP contribution in [0.3, 0.4) is 0 Å².